The van der Waals surface area contributed by atoms with E-state index >= 15 is 0 Å². The first-order valence-corrected chi connectivity index (χ1v) is 14.6. The number of fused-ring (bicyclic) bond motifs is 2. The summed E-state index contributed by atoms with van der Waals surface area (Å²) in [6.07, 6.45) is 2.04. The first-order valence-electron chi connectivity index (χ1n) is 14.6. The Bertz CT molecular complexity index is 1780. The van der Waals surface area contributed by atoms with E-state index in [9.17, 15) is 23.2 Å². The molecule has 1 aliphatic rings. The van der Waals surface area contributed by atoms with Gasteiger partial charge in [-0.2, -0.15) is 0 Å². The zero-order valence-electron chi connectivity index (χ0n) is 25.1. The molecule has 0 unspecified atom stereocenters. The van der Waals surface area contributed by atoms with Gasteiger partial charge in [-0.3, -0.25) is 9.59 Å². The molecule has 5 rings (SSSR count). The minimum absolute atomic E-state index is 0.0169. The van der Waals surface area contributed by atoms with E-state index in [1.807, 2.05) is 44.2 Å². The summed E-state index contributed by atoms with van der Waals surface area (Å²) >= 11 is 0. The number of aryl methyl sites for hydroxylation is 1. The fourth-order valence-corrected chi connectivity index (χ4v) is 5.60. The molecule has 0 fully saturated rings. The van der Waals surface area contributed by atoms with Crippen molar-refractivity contribution in [2.75, 3.05) is 19.0 Å². The van der Waals surface area contributed by atoms with Crippen LogP contribution in [-0.4, -0.2) is 42.2 Å². The minimum atomic E-state index is -1.24. The zero-order valence-corrected chi connectivity index (χ0v) is 25.1. The summed E-state index contributed by atoms with van der Waals surface area (Å²) in [5.41, 5.74) is 2.63. The van der Waals surface area contributed by atoms with Crippen LogP contribution in [0.4, 0.5) is 14.5 Å². The molecular weight excluding hydrogens is 568 g/mol. The minimum Gasteiger partial charge on any atom is -0.493 e. The van der Waals surface area contributed by atoms with E-state index < -0.39 is 35.1 Å². The van der Waals surface area contributed by atoms with E-state index in [1.54, 1.807) is 23.7 Å². The molecule has 2 N–H and O–H groups in total. The van der Waals surface area contributed by atoms with Gasteiger partial charge < -0.3 is 24.7 Å². The Balaban J connectivity index is 1.48. The molecule has 1 amide bonds. The van der Waals surface area contributed by atoms with Crippen LogP contribution in [0.1, 0.15) is 48.2 Å². The van der Waals surface area contributed by atoms with Gasteiger partial charge in [0.25, 0.3) is 11.5 Å². The molecule has 3 aromatic carbocycles. The molecule has 0 bridgehead atoms. The second kappa shape index (κ2) is 12.9. The van der Waals surface area contributed by atoms with Gasteiger partial charge in [-0.15, -0.1) is 0 Å². The van der Waals surface area contributed by atoms with Crippen molar-refractivity contribution < 1.29 is 27.8 Å². The predicted octanol–water partition coefficient (Wildman–Crippen LogP) is 5.53. The maximum Gasteiger partial charge on any atom is 0.328 e. The molecule has 1 aliphatic heterocycles. The summed E-state index contributed by atoms with van der Waals surface area (Å²) in [5.74, 6) is -3.41. The van der Waals surface area contributed by atoms with Gasteiger partial charge in [0.1, 0.15) is 29.0 Å². The van der Waals surface area contributed by atoms with Crippen LogP contribution in [0.25, 0.3) is 22.0 Å². The van der Waals surface area contributed by atoms with Crippen LogP contribution in [-0.2, 0) is 29.4 Å². The standard InChI is InChI=1S/C34H35F2N3O5/c1-5-19(2)37-22-17-26(35)30(27(36)18-22)32(40)38-28(34(42)43-4)16-20-12-13-24(31-23(20)10-8-14-44-31)25-15-21-9-6-7-11-29(21)39(3)33(25)41/h6-7,9,11-13,15,17-19,28,37H,5,8,10,14,16H2,1-4H3,(H,38,40)/t19-,28-/m0/s1. The van der Waals surface area contributed by atoms with Gasteiger partial charge in [0, 0.05) is 30.8 Å². The lowest BCUT2D eigenvalue weighted by Crippen LogP contribution is -2.43. The first-order chi connectivity index (χ1) is 21.1. The van der Waals surface area contributed by atoms with Crippen molar-refractivity contribution in [3.63, 3.8) is 0 Å². The number of carbonyl (C=O) groups is 2. The molecule has 8 nitrogen and oxygen atoms in total. The van der Waals surface area contributed by atoms with Gasteiger partial charge in [-0.1, -0.05) is 37.3 Å². The average molecular weight is 604 g/mol. The molecule has 0 saturated carbocycles. The number of benzene rings is 3. The number of aromatic nitrogens is 1. The molecule has 2 heterocycles. The van der Waals surface area contributed by atoms with E-state index in [4.69, 9.17) is 9.47 Å². The lowest BCUT2D eigenvalue weighted by atomic mass is 9.90. The van der Waals surface area contributed by atoms with Crippen molar-refractivity contribution in [2.24, 2.45) is 7.05 Å². The van der Waals surface area contributed by atoms with E-state index in [1.165, 1.54) is 7.11 Å². The second-order valence-electron chi connectivity index (χ2n) is 11.0. The summed E-state index contributed by atoms with van der Waals surface area (Å²) in [6, 6.07) is 13.8. The molecule has 4 aromatic rings. The van der Waals surface area contributed by atoms with E-state index in [2.05, 4.69) is 10.6 Å². The van der Waals surface area contributed by atoms with Crippen molar-refractivity contribution in [1.82, 2.24) is 9.88 Å². The maximum absolute atomic E-state index is 15.0. The average Bonchev–Trinajstić information content (AvgIpc) is 3.02. The van der Waals surface area contributed by atoms with Crippen molar-refractivity contribution >= 4 is 28.5 Å². The number of halogens is 2. The number of hydrogen-bond acceptors (Lipinski definition) is 6. The summed E-state index contributed by atoms with van der Waals surface area (Å²) in [4.78, 5) is 39.3. The van der Waals surface area contributed by atoms with Crippen LogP contribution in [0, 0.1) is 11.6 Å². The third kappa shape index (κ3) is 6.02. The molecule has 44 heavy (non-hydrogen) atoms. The Morgan fingerprint density at radius 3 is 2.50 bits per heavy atom. The van der Waals surface area contributed by atoms with Crippen molar-refractivity contribution in [3.8, 4) is 16.9 Å². The smallest absolute Gasteiger partial charge is 0.328 e. The van der Waals surface area contributed by atoms with Gasteiger partial charge in [-0.05, 0) is 67.0 Å². The fourth-order valence-electron chi connectivity index (χ4n) is 5.60. The lowest BCUT2D eigenvalue weighted by molar-refractivity contribution is -0.142. The third-order valence-corrected chi connectivity index (χ3v) is 8.11. The zero-order chi connectivity index (χ0) is 31.5. The summed E-state index contributed by atoms with van der Waals surface area (Å²) in [7, 11) is 2.90. The normalized spacial score (nSPS) is 13.9. The summed E-state index contributed by atoms with van der Waals surface area (Å²) in [5, 5.41) is 6.35. The highest BCUT2D eigenvalue weighted by Gasteiger charge is 2.29. The van der Waals surface area contributed by atoms with Gasteiger partial charge in [0.15, 0.2) is 0 Å². The van der Waals surface area contributed by atoms with Crippen molar-refractivity contribution in [1.29, 1.82) is 0 Å². The first kappa shape index (κ1) is 30.7. The van der Waals surface area contributed by atoms with Gasteiger partial charge in [-0.25, -0.2) is 13.6 Å². The maximum atomic E-state index is 15.0. The summed E-state index contributed by atoms with van der Waals surface area (Å²) in [6.45, 7) is 4.25. The molecule has 10 heteroatoms. The molecule has 0 radical (unpaired) electrons. The van der Waals surface area contributed by atoms with Crippen molar-refractivity contribution in [3.05, 3.63) is 93.3 Å². The number of ether oxygens (including phenoxy) is 2. The SMILES string of the molecule is CC[C@H](C)Nc1cc(F)c(C(=O)N[C@@H](Cc2ccc(-c3cc4ccccc4n(C)c3=O)c3c2CCCO3)C(=O)OC)c(F)c1. The summed E-state index contributed by atoms with van der Waals surface area (Å²) < 4.78 is 42.6. The molecule has 0 aliphatic carbocycles. The van der Waals surface area contributed by atoms with Crippen LogP contribution >= 0.6 is 0 Å². The van der Waals surface area contributed by atoms with E-state index in [0.717, 1.165) is 35.0 Å². The number of nitrogens with zero attached hydrogens (tertiary/aromatic N) is 1. The molecule has 0 saturated heterocycles. The quantitative estimate of drug-likeness (QED) is 0.244. The van der Waals surface area contributed by atoms with Crippen LogP contribution < -0.4 is 20.9 Å². The molecule has 0 spiro atoms. The van der Waals surface area contributed by atoms with Crippen LogP contribution in [0.5, 0.6) is 5.75 Å². The molecule has 230 valence electrons. The van der Waals surface area contributed by atoms with Gasteiger partial charge in [0.05, 0.1) is 24.8 Å². The lowest BCUT2D eigenvalue weighted by Gasteiger charge is -2.25. The van der Waals surface area contributed by atoms with Crippen LogP contribution in [0.3, 0.4) is 0 Å². The molecular formula is C34H35F2N3O5. The number of amides is 1. The van der Waals surface area contributed by atoms with Crippen LogP contribution in [0.2, 0.25) is 0 Å². The molecule has 2 atom stereocenters. The number of carbonyl (C=O) groups excluding carboxylic acids is 2. The Morgan fingerprint density at radius 1 is 1.07 bits per heavy atom. The highest BCUT2D eigenvalue weighted by molar-refractivity contribution is 5.97. The van der Waals surface area contributed by atoms with Crippen molar-refractivity contribution in [2.45, 2.75) is 51.6 Å². The van der Waals surface area contributed by atoms with Gasteiger partial charge >= 0.3 is 5.97 Å². The second-order valence-corrected chi connectivity index (χ2v) is 11.0. The third-order valence-electron chi connectivity index (χ3n) is 8.11. The number of rotatable bonds is 9. The predicted molar refractivity (Wildman–Crippen MR) is 165 cm³/mol. The molecule has 1 aromatic heterocycles. The highest BCUT2D eigenvalue weighted by Crippen LogP contribution is 2.38. The van der Waals surface area contributed by atoms with Crippen LogP contribution in [0.15, 0.2) is 59.4 Å². The number of anilines is 1. The Hall–Kier alpha value is -4.73. The Labute approximate surface area is 254 Å². The topological polar surface area (TPSA) is 98.7 Å². The number of para-hydroxylation sites is 1. The number of pyridine rings is 1. The van der Waals surface area contributed by atoms with Gasteiger partial charge in [0.2, 0.25) is 0 Å². The van der Waals surface area contributed by atoms with E-state index in [-0.39, 0.29) is 23.7 Å². The Morgan fingerprint density at radius 2 is 1.80 bits per heavy atom. The van der Waals surface area contributed by atoms with E-state index in [0.29, 0.717) is 41.9 Å². The Kier molecular flexibility index (Phi) is 8.98. The number of nitrogens with one attached hydrogen (secondary N) is 2. The monoisotopic (exact) mass is 603 g/mol. The largest absolute Gasteiger partial charge is 0.493 e. The number of hydrogen-bond donors (Lipinski definition) is 2. The number of methoxy groups -OCH3 is 1. The highest BCUT2D eigenvalue weighted by atomic mass is 19.1. The number of esters is 1. The fraction of sp³-hybridized carbons (Fsp3) is 0.324.